The van der Waals surface area contributed by atoms with Crippen molar-refractivity contribution in [2.45, 2.75) is 57.8 Å². The molecule has 0 aliphatic heterocycles. The lowest BCUT2D eigenvalue weighted by Gasteiger charge is -2.15. The van der Waals surface area contributed by atoms with Gasteiger partial charge in [-0.25, -0.2) is 4.98 Å². The summed E-state index contributed by atoms with van der Waals surface area (Å²) in [5, 5.41) is 5.48. The van der Waals surface area contributed by atoms with Crippen LogP contribution < -0.4 is 5.32 Å². The third-order valence-corrected chi connectivity index (χ3v) is 6.70. The van der Waals surface area contributed by atoms with Gasteiger partial charge in [-0.05, 0) is 41.7 Å². The third-order valence-electron chi connectivity index (χ3n) is 6.70. The van der Waals surface area contributed by atoms with E-state index in [0.717, 1.165) is 36.9 Å². The second-order valence-corrected chi connectivity index (χ2v) is 9.31. The lowest BCUT2D eigenvalue weighted by molar-refractivity contribution is -0.123. The molecule has 0 radical (unpaired) electrons. The van der Waals surface area contributed by atoms with Crippen LogP contribution in [-0.4, -0.2) is 28.2 Å². The molecule has 1 heterocycles. The van der Waals surface area contributed by atoms with E-state index in [2.05, 4.69) is 57.7 Å². The molecule has 0 fully saturated rings. The lowest BCUT2D eigenvalue weighted by Crippen LogP contribution is -2.31. The van der Waals surface area contributed by atoms with Gasteiger partial charge in [-0.3, -0.25) is 9.59 Å². The molecule has 1 atom stereocenters. The summed E-state index contributed by atoms with van der Waals surface area (Å²) in [6.45, 7) is 2.49. The quantitative estimate of drug-likeness (QED) is 0.211. The maximum absolute atomic E-state index is 13.2. The van der Waals surface area contributed by atoms with Crippen LogP contribution >= 0.6 is 0 Å². The number of H-pyrrole nitrogens is 1. The zero-order valence-electron chi connectivity index (χ0n) is 21.0. The predicted octanol–water partition coefficient (Wildman–Crippen LogP) is 6.60. The van der Waals surface area contributed by atoms with E-state index in [9.17, 15) is 9.59 Å². The van der Waals surface area contributed by atoms with E-state index in [-0.39, 0.29) is 11.8 Å². The van der Waals surface area contributed by atoms with Gasteiger partial charge in [0.05, 0.1) is 17.8 Å². The summed E-state index contributed by atoms with van der Waals surface area (Å²) in [6, 6.07) is 24.8. The van der Waals surface area contributed by atoms with Crippen molar-refractivity contribution in [3.05, 3.63) is 90.4 Å². The zero-order valence-corrected chi connectivity index (χ0v) is 21.0. The zero-order chi connectivity index (χ0) is 25.2. The molecule has 1 aromatic heterocycles. The molecular weight excluding hydrogens is 446 g/mol. The number of amides is 1. The molecule has 3 aromatic carbocycles. The molecule has 36 heavy (non-hydrogen) atoms. The molecule has 0 saturated heterocycles. The summed E-state index contributed by atoms with van der Waals surface area (Å²) in [4.78, 5) is 32.9. The summed E-state index contributed by atoms with van der Waals surface area (Å²) in [6.07, 6.45) is 7.20. The maximum Gasteiger partial charge on any atom is 0.230 e. The monoisotopic (exact) mass is 481 g/mol. The van der Waals surface area contributed by atoms with Crippen molar-refractivity contribution in [2.75, 3.05) is 6.54 Å². The van der Waals surface area contributed by atoms with Gasteiger partial charge in [0, 0.05) is 24.9 Å². The largest absolute Gasteiger partial charge is 0.355 e. The Morgan fingerprint density at radius 3 is 2.50 bits per heavy atom. The standard InChI is InChI=1S/C31H35N3O2/c1-2-27(35)15-7-4-8-16-28(31(36)32-20-19-23-11-5-3-6-12-23)30-33-22-29(34-30)26-18-17-24-13-9-10-14-25(24)21-26/h3,5-6,9-14,17-18,21-22,28H,2,4,7-8,15-16,19-20H2,1H3,(H,32,36)(H,33,34). The molecule has 0 saturated carbocycles. The number of imidazole rings is 1. The van der Waals surface area contributed by atoms with Crippen LogP contribution in [0.2, 0.25) is 0 Å². The molecule has 0 spiro atoms. The number of hydrogen-bond donors (Lipinski definition) is 2. The molecule has 186 valence electrons. The number of Topliss-reactive ketones (excluding diaryl/α,β-unsaturated/α-hetero) is 1. The second-order valence-electron chi connectivity index (χ2n) is 9.31. The average Bonchev–Trinajstić information content (AvgIpc) is 3.40. The minimum Gasteiger partial charge on any atom is -0.355 e. The van der Waals surface area contributed by atoms with Crippen molar-refractivity contribution in [2.24, 2.45) is 0 Å². The van der Waals surface area contributed by atoms with Crippen LogP contribution in [0.4, 0.5) is 0 Å². The Balaban J connectivity index is 1.44. The number of rotatable bonds is 13. The highest BCUT2D eigenvalue weighted by atomic mass is 16.2. The van der Waals surface area contributed by atoms with Crippen LogP contribution in [-0.2, 0) is 16.0 Å². The smallest absolute Gasteiger partial charge is 0.230 e. The normalized spacial score (nSPS) is 11.9. The molecule has 1 amide bonds. The fraction of sp³-hybridized carbons (Fsp3) is 0.323. The molecule has 0 bridgehead atoms. The van der Waals surface area contributed by atoms with Crippen molar-refractivity contribution in [3.8, 4) is 11.3 Å². The van der Waals surface area contributed by atoms with Gasteiger partial charge in [-0.2, -0.15) is 0 Å². The number of aromatic nitrogens is 2. The van der Waals surface area contributed by atoms with E-state index < -0.39 is 0 Å². The third kappa shape index (κ3) is 6.91. The summed E-state index contributed by atoms with van der Waals surface area (Å²) in [5.74, 6) is 0.642. The van der Waals surface area contributed by atoms with E-state index in [1.54, 1.807) is 0 Å². The number of unbranched alkanes of at least 4 members (excludes halogenated alkanes) is 2. The van der Waals surface area contributed by atoms with Gasteiger partial charge in [0.1, 0.15) is 11.6 Å². The average molecular weight is 482 g/mol. The number of ketones is 1. The van der Waals surface area contributed by atoms with Crippen molar-refractivity contribution < 1.29 is 9.59 Å². The van der Waals surface area contributed by atoms with Crippen LogP contribution in [0.25, 0.3) is 22.0 Å². The van der Waals surface area contributed by atoms with Gasteiger partial charge in [0.25, 0.3) is 0 Å². The molecule has 4 aromatic rings. The maximum atomic E-state index is 13.2. The van der Waals surface area contributed by atoms with Crippen LogP contribution in [0.3, 0.4) is 0 Å². The number of nitrogens with one attached hydrogen (secondary N) is 2. The second kappa shape index (κ2) is 12.8. The van der Waals surface area contributed by atoms with E-state index in [1.165, 1.54) is 16.3 Å². The fourth-order valence-corrected chi connectivity index (χ4v) is 4.53. The molecule has 0 aliphatic rings. The van der Waals surface area contributed by atoms with Gasteiger partial charge < -0.3 is 10.3 Å². The van der Waals surface area contributed by atoms with Gasteiger partial charge >= 0.3 is 0 Å². The van der Waals surface area contributed by atoms with Crippen molar-refractivity contribution in [1.82, 2.24) is 15.3 Å². The molecule has 5 heteroatoms. The first-order valence-corrected chi connectivity index (χ1v) is 13.0. The van der Waals surface area contributed by atoms with E-state index in [4.69, 9.17) is 0 Å². The molecular formula is C31H35N3O2. The lowest BCUT2D eigenvalue weighted by atomic mass is 9.98. The summed E-state index contributed by atoms with van der Waals surface area (Å²) < 4.78 is 0. The predicted molar refractivity (Wildman–Crippen MR) is 146 cm³/mol. The summed E-state index contributed by atoms with van der Waals surface area (Å²) in [7, 11) is 0. The van der Waals surface area contributed by atoms with Gasteiger partial charge in [0.2, 0.25) is 5.91 Å². The van der Waals surface area contributed by atoms with Gasteiger partial charge in [-0.15, -0.1) is 0 Å². The number of nitrogens with zero attached hydrogens (tertiary/aromatic N) is 1. The Hall–Kier alpha value is -3.73. The highest BCUT2D eigenvalue weighted by Gasteiger charge is 2.23. The molecule has 5 nitrogen and oxygen atoms in total. The van der Waals surface area contributed by atoms with Crippen LogP contribution in [0.1, 0.15) is 62.8 Å². The first-order valence-electron chi connectivity index (χ1n) is 13.0. The topological polar surface area (TPSA) is 74.8 Å². The minimum absolute atomic E-state index is 0.00465. The Labute approximate surface area is 213 Å². The number of carbonyl (C=O) groups is 2. The van der Waals surface area contributed by atoms with E-state index >= 15 is 0 Å². The molecule has 1 unspecified atom stereocenters. The first-order chi connectivity index (χ1) is 17.6. The number of aromatic amines is 1. The summed E-state index contributed by atoms with van der Waals surface area (Å²) >= 11 is 0. The molecule has 2 N–H and O–H groups in total. The van der Waals surface area contributed by atoms with Gasteiger partial charge in [-0.1, -0.05) is 86.5 Å². The Kier molecular flexibility index (Phi) is 9.03. The SMILES string of the molecule is CCC(=O)CCCCCC(C(=O)NCCc1ccccc1)c1ncc(-c2ccc3ccccc3c2)[nH]1. The number of hydrogen-bond acceptors (Lipinski definition) is 3. The first kappa shape index (κ1) is 25.4. The highest BCUT2D eigenvalue weighted by molar-refractivity contribution is 5.87. The van der Waals surface area contributed by atoms with Crippen LogP contribution in [0, 0.1) is 0 Å². The number of fused-ring (bicyclic) bond motifs is 1. The number of benzene rings is 3. The number of carbonyl (C=O) groups excluding carboxylic acids is 2. The van der Waals surface area contributed by atoms with Crippen molar-refractivity contribution >= 4 is 22.5 Å². The Morgan fingerprint density at radius 1 is 0.917 bits per heavy atom. The van der Waals surface area contributed by atoms with Crippen molar-refractivity contribution in [3.63, 3.8) is 0 Å². The van der Waals surface area contributed by atoms with Crippen molar-refractivity contribution in [1.29, 1.82) is 0 Å². The Morgan fingerprint density at radius 2 is 1.69 bits per heavy atom. The minimum atomic E-state index is -0.350. The molecule has 4 rings (SSSR count). The van der Waals surface area contributed by atoms with E-state index in [1.807, 2.05) is 43.5 Å². The van der Waals surface area contributed by atoms with Crippen LogP contribution in [0.15, 0.2) is 79.0 Å². The molecule has 0 aliphatic carbocycles. The highest BCUT2D eigenvalue weighted by Crippen LogP contribution is 2.27. The summed E-state index contributed by atoms with van der Waals surface area (Å²) in [5.41, 5.74) is 3.16. The van der Waals surface area contributed by atoms with Crippen LogP contribution in [0.5, 0.6) is 0 Å². The van der Waals surface area contributed by atoms with E-state index in [0.29, 0.717) is 37.4 Å². The fourth-order valence-electron chi connectivity index (χ4n) is 4.53. The van der Waals surface area contributed by atoms with Gasteiger partial charge in [0.15, 0.2) is 0 Å². The Bertz CT molecular complexity index is 1280.